The van der Waals surface area contributed by atoms with Gasteiger partial charge in [-0.2, -0.15) is 0 Å². The highest BCUT2D eigenvalue weighted by molar-refractivity contribution is 4.92. The molecule has 0 aromatic rings. The highest BCUT2D eigenvalue weighted by Gasteiger charge is 2.46. The second kappa shape index (κ2) is 8.32. The van der Waals surface area contributed by atoms with E-state index in [1.807, 2.05) is 0 Å². The van der Waals surface area contributed by atoms with Crippen LogP contribution in [-0.2, 0) is 18.9 Å². The molecule has 24 heavy (non-hydrogen) atoms. The third-order valence-corrected chi connectivity index (χ3v) is 4.38. The maximum absolute atomic E-state index is 9.94. The first-order valence-electron chi connectivity index (χ1n) is 7.77. The van der Waals surface area contributed by atoms with Gasteiger partial charge in [0.25, 0.3) is 0 Å². The van der Waals surface area contributed by atoms with Gasteiger partial charge in [-0.3, -0.25) is 0 Å². The van der Waals surface area contributed by atoms with Gasteiger partial charge in [-0.25, -0.2) is 0 Å². The van der Waals surface area contributed by atoms with E-state index in [4.69, 9.17) is 18.9 Å². The molecule has 0 amide bonds. The fourth-order valence-corrected chi connectivity index (χ4v) is 2.82. The summed E-state index contributed by atoms with van der Waals surface area (Å²) in [6, 6.07) is 0. The summed E-state index contributed by atoms with van der Waals surface area (Å²) in [4.78, 5) is 0. The highest BCUT2D eigenvalue weighted by Crippen LogP contribution is 2.25. The molecule has 0 aromatic carbocycles. The van der Waals surface area contributed by atoms with Gasteiger partial charge in [0.2, 0.25) is 0 Å². The third-order valence-electron chi connectivity index (χ3n) is 4.38. The van der Waals surface area contributed by atoms with Crippen LogP contribution >= 0.6 is 0 Å². The molecule has 6 N–H and O–H groups in total. The van der Waals surface area contributed by atoms with Crippen LogP contribution in [0.2, 0.25) is 0 Å². The van der Waals surface area contributed by atoms with E-state index in [2.05, 4.69) is 0 Å². The predicted molar refractivity (Wildman–Crippen MR) is 76.9 cm³/mol. The fourth-order valence-electron chi connectivity index (χ4n) is 2.82. The summed E-state index contributed by atoms with van der Waals surface area (Å²) in [5.74, 6) is 0. The average molecular weight is 354 g/mol. The molecule has 0 spiro atoms. The van der Waals surface area contributed by atoms with E-state index in [0.717, 1.165) is 0 Å². The van der Waals surface area contributed by atoms with E-state index in [0.29, 0.717) is 0 Å². The SMILES string of the molecule is COCC1OC(OCC2OC(C)C(O)C(O)C2O)C(O)C(O)C1O. The first-order chi connectivity index (χ1) is 11.3. The second-order valence-electron chi connectivity index (χ2n) is 6.15. The van der Waals surface area contributed by atoms with Crippen molar-refractivity contribution in [1.29, 1.82) is 0 Å². The Morgan fingerprint density at radius 2 is 1.25 bits per heavy atom. The number of hydrogen-bond acceptors (Lipinski definition) is 10. The number of methoxy groups -OCH3 is 1. The normalized spacial score (nSPS) is 50.0. The Morgan fingerprint density at radius 1 is 0.708 bits per heavy atom. The first-order valence-corrected chi connectivity index (χ1v) is 7.77. The lowest BCUT2D eigenvalue weighted by Gasteiger charge is -2.42. The monoisotopic (exact) mass is 354 g/mol. The molecular weight excluding hydrogens is 328 g/mol. The minimum absolute atomic E-state index is 0.0186. The summed E-state index contributed by atoms with van der Waals surface area (Å²) in [5, 5.41) is 58.9. The molecule has 2 aliphatic rings. The standard InChI is InChI=1S/C14H26O10/c1-5-8(15)11(18)10(17)7(23-5)4-22-14-13(20)12(19)9(16)6(24-14)3-21-2/h5-20H,3-4H2,1-2H3. The molecule has 142 valence electrons. The topological polar surface area (TPSA) is 158 Å². The molecule has 2 heterocycles. The quantitative estimate of drug-likeness (QED) is 0.290. The summed E-state index contributed by atoms with van der Waals surface area (Å²) in [5.41, 5.74) is 0. The molecule has 2 aliphatic heterocycles. The lowest BCUT2D eigenvalue weighted by molar-refractivity contribution is -0.314. The molecule has 0 saturated carbocycles. The van der Waals surface area contributed by atoms with Gasteiger partial charge in [-0.1, -0.05) is 0 Å². The van der Waals surface area contributed by atoms with E-state index < -0.39 is 61.2 Å². The summed E-state index contributed by atoms with van der Waals surface area (Å²) < 4.78 is 21.0. The highest BCUT2D eigenvalue weighted by atomic mass is 16.7. The second-order valence-corrected chi connectivity index (χ2v) is 6.15. The number of rotatable bonds is 5. The summed E-state index contributed by atoms with van der Waals surface area (Å²) in [7, 11) is 1.39. The number of aliphatic hydroxyl groups excluding tert-OH is 6. The molecule has 0 aliphatic carbocycles. The summed E-state index contributed by atoms with van der Waals surface area (Å²) >= 11 is 0. The van der Waals surface area contributed by atoms with E-state index in [1.165, 1.54) is 14.0 Å². The Balaban J connectivity index is 1.94. The van der Waals surface area contributed by atoms with Crippen molar-refractivity contribution in [3.8, 4) is 0 Å². The number of aliphatic hydroxyl groups is 6. The van der Waals surface area contributed by atoms with E-state index in [9.17, 15) is 30.6 Å². The van der Waals surface area contributed by atoms with E-state index in [1.54, 1.807) is 0 Å². The Hall–Kier alpha value is -0.400. The maximum Gasteiger partial charge on any atom is 0.186 e. The van der Waals surface area contributed by atoms with Crippen molar-refractivity contribution in [2.45, 2.75) is 68.1 Å². The van der Waals surface area contributed by atoms with Crippen LogP contribution in [0.5, 0.6) is 0 Å². The maximum atomic E-state index is 9.94. The van der Waals surface area contributed by atoms with Crippen LogP contribution < -0.4 is 0 Å². The number of hydrogen-bond donors (Lipinski definition) is 6. The molecule has 0 radical (unpaired) electrons. The van der Waals surface area contributed by atoms with Gasteiger partial charge in [0.1, 0.15) is 48.8 Å². The minimum Gasteiger partial charge on any atom is -0.388 e. The van der Waals surface area contributed by atoms with E-state index in [-0.39, 0.29) is 13.2 Å². The van der Waals surface area contributed by atoms with E-state index >= 15 is 0 Å². The predicted octanol–water partition coefficient (Wildman–Crippen LogP) is -3.67. The van der Waals surface area contributed by atoms with Gasteiger partial charge in [-0.05, 0) is 6.92 Å². The van der Waals surface area contributed by atoms with Gasteiger partial charge >= 0.3 is 0 Å². The van der Waals surface area contributed by atoms with Crippen molar-refractivity contribution >= 4 is 0 Å². The Bertz CT molecular complexity index is 396. The van der Waals surface area contributed by atoms with Crippen molar-refractivity contribution in [3.05, 3.63) is 0 Å². The lowest BCUT2D eigenvalue weighted by Crippen LogP contribution is -2.61. The van der Waals surface area contributed by atoms with Crippen molar-refractivity contribution < 1.29 is 49.6 Å². The summed E-state index contributed by atoms with van der Waals surface area (Å²) in [6.07, 6.45) is -12.2. The Labute approximate surface area is 139 Å². The van der Waals surface area contributed by atoms with Crippen LogP contribution in [0, 0.1) is 0 Å². The van der Waals surface area contributed by atoms with Crippen LogP contribution in [0.15, 0.2) is 0 Å². The zero-order chi connectivity index (χ0) is 18.0. The van der Waals surface area contributed by atoms with Crippen molar-refractivity contribution in [1.82, 2.24) is 0 Å². The molecule has 2 fully saturated rings. The molecule has 10 heteroatoms. The summed E-state index contributed by atoms with van der Waals surface area (Å²) in [6.45, 7) is 1.25. The lowest BCUT2D eigenvalue weighted by atomic mass is 9.96. The zero-order valence-electron chi connectivity index (χ0n) is 13.5. The van der Waals surface area contributed by atoms with Crippen LogP contribution in [0.4, 0.5) is 0 Å². The zero-order valence-corrected chi connectivity index (χ0v) is 13.5. The molecule has 10 nitrogen and oxygen atoms in total. The molecule has 2 rings (SSSR count). The van der Waals surface area contributed by atoms with Crippen LogP contribution in [-0.4, -0.2) is 112 Å². The molecular formula is C14H26O10. The first kappa shape index (κ1) is 19.9. The molecule has 2 saturated heterocycles. The average Bonchev–Trinajstić information content (AvgIpc) is 2.56. The molecule has 0 bridgehead atoms. The fraction of sp³-hybridized carbons (Fsp3) is 1.00. The van der Waals surface area contributed by atoms with Crippen LogP contribution in [0.1, 0.15) is 6.92 Å². The third kappa shape index (κ3) is 4.05. The van der Waals surface area contributed by atoms with Crippen molar-refractivity contribution in [2.75, 3.05) is 20.3 Å². The molecule has 10 atom stereocenters. The molecule has 10 unspecified atom stereocenters. The van der Waals surface area contributed by atoms with Gasteiger partial charge in [0, 0.05) is 7.11 Å². The number of ether oxygens (including phenoxy) is 4. The minimum atomic E-state index is -1.51. The smallest absolute Gasteiger partial charge is 0.186 e. The molecule has 0 aromatic heterocycles. The van der Waals surface area contributed by atoms with Crippen molar-refractivity contribution in [2.24, 2.45) is 0 Å². The largest absolute Gasteiger partial charge is 0.388 e. The van der Waals surface area contributed by atoms with Gasteiger partial charge in [-0.15, -0.1) is 0 Å². The van der Waals surface area contributed by atoms with Gasteiger partial charge in [0.05, 0.1) is 19.3 Å². The Morgan fingerprint density at radius 3 is 1.83 bits per heavy atom. The van der Waals surface area contributed by atoms with Crippen LogP contribution in [0.3, 0.4) is 0 Å². The Kier molecular flexibility index (Phi) is 6.90. The van der Waals surface area contributed by atoms with Gasteiger partial charge in [0.15, 0.2) is 6.29 Å². The van der Waals surface area contributed by atoms with Crippen LogP contribution in [0.25, 0.3) is 0 Å². The van der Waals surface area contributed by atoms with Crippen molar-refractivity contribution in [3.63, 3.8) is 0 Å². The van der Waals surface area contributed by atoms with Gasteiger partial charge < -0.3 is 49.6 Å².